The van der Waals surface area contributed by atoms with Crippen molar-refractivity contribution >= 4 is 0 Å². The molecule has 5 fully saturated rings. The van der Waals surface area contributed by atoms with E-state index in [9.17, 15) is 15.0 Å². The molecule has 1 saturated heterocycles. The van der Waals surface area contributed by atoms with Gasteiger partial charge in [0, 0.05) is 23.6 Å². The van der Waals surface area contributed by atoms with Gasteiger partial charge in [-0.1, -0.05) is 13.8 Å². The van der Waals surface area contributed by atoms with Crippen LogP contribution in [0.15, 0.2) is 27.6 Å². The van der Waals surface area contributed by atoms with Crippen molar-refractivity contribution in [1.82, 2.24) is 4.90 Å². The van der Waals surface area contributed by atoms with Crippen LogP contribution in [0.25, 0.3) is 0 Å². The second-order valence-electron chi connectivity index (χ2n) is 13.0. The van der Waals surface area contributed by atoms with Crippen LogP contribution in [-0.2, 0) is 0 Å². The standard InChI is InChI=1S/C29H43NO4/c1-27-12-9-21(30-15-3-4-22(30)17-31)16-20(27)6-7-25-24(27)10-13-28(2)23(11-14-29(25,28)33)19-5-8-26(32)34-18-19/h5,8,18,20-25,31,33H,3-4,6-7,9-17H2,1-2H3/t20-,21+,22+,23-,24+,25-,27+,28-,29+/m1/s1. The molecule has 2 heterocycles. The molecule has 4 saturated carbocycles. The predicted octanol–water partition coefficient (Wildman–Crippen LogP) is 4.71. The van der Waals surface area contributed by atoms with Gasteiger partial charge in [0.05, 0.1) is 18.5 Å². The quantitative estimate of drug-likeness (QED) is 0.671. The van der Waals surface area contributed by atoms with Crippen LogP contribution in [0.5, 0.6) is 0 Å². The molecular formula is C29H43NO4. The Morgan fingerprint density at radius 3 is 2.65 bits per heavy atom. The summed E-state index contributed by atoms with van der Waals surface area (Å²) in [6.07, 6.45) is 14.3. The van der Waals surface area contributed by atoms with E-state index in [1.165, 1.54) is 44.6 Å². The van der Waals surface area contributed by atoms with Gasteiger partial charge in [-0.05, 0) is 118 Å². The van der Waals surface area contributed by atoms with Crippen molar-refractivity contribution in [3.8, 4) is 0 Å². The first kappa shape index (κ1) is 23.2. The molecule has 6 rings (SSSR count). The minimum atomic E-state index is -0.627. The molecule has 0 radical (unpaired) electrons. The van der Waals surface area contributed by atoms with Crippen LogP contribution in [0, 0.1) is 28.6 Å². The van der Waals surface area contributed by atoms with Crippen molar-refractivity contribution in [2.75, 3.05) is 13.2 Å². The zero-order valence-electron chi connectivity index (χ0n) is 21.0. The van der Waals surface area contributed by atoms with Crippen LogP contribution in [0.2, 0.25) is 0 Å². The largest absolute Gasteiger partial charge is 0.431 e. The van der Waals surface area contributed by atoms with E-state index in [0.717, 1.165) is 50.1 Å². The smallest absolute Gasteiger partial charge is 0.335 e. The molecule has 1 aliphatic heterocycles. The van der Waals surface area contributed by atoms with Crippen LogP contribution in [0.3, 0.4) is 0 Å². The molecule has 34 heavy (non-hydrogen) atoms. The van der Waals surface area contributed by atoms with Crippen LogP contribution in [0.1, 0.15) is 96.0 Å². The molecule has 188 valence electrons. The predicted molar refractivity (Wildman–Crippen MR) is 132 cm³/mol. The number of aliphatic hydroxyl groups is 2. The fraction of sp³-hybridized carbons (Fsp3) is 0.828. The maximum Gasteiger partial charge on any atom is 0.335 e. The summed E-state index contributed by atoms with van der Waals surface area (Å²) >= 11 is 0. The maximum atomic E-state index is 12.4. The van der Waals surface area contributed by atoms with Crippen LogP contribution < -0.4 is 5.63 Å². The van der Waals surface area contributed by atoms with Gasteiger partial charge in [0.25, 0.3) is 0 Å². The lowest BCUT2D eigenvalue weighted by Crippen LogP contribution is -2.62. The van der Waals surface area contributed by atoms with Crippen molar-refractivity contribution in [3.63, 3.8) is 0 Å². The number of fused-ring (bicyclic) bond motifs is 5. The van der Waals surface area contributed by atoms with E-state index in [1.807, 2.05) is 6.07 Å². The second kappa shape index (κ2) is 8.18. The highest BCUT2D eigenvalue weighted by molar-refractivity contribution is 5.27. The van der Waals surface area contributed by atoms with Crippen molar-refractivity contribution < 1.29 is 14.6 Å². The van der Waals surface area contributed by atoms with Crippen molar-refractivity contribution in [2.24, 2.45) is 28.6 Å². The molecule has 0 aromatic carbocycles. The molecule has 5 nitrogen and oxygen atoms in total. The normalized spacial score (nSPS) is 48.8. The first-order valence-corrected chi connectivity index (χ1v) is 14.0. The third-order valence-corrected chi connectivity index (χ3v) is 12.1. The number of nitrogens with zero attached hydrogens (tertiary/aromatic N) is 1. The highest BCUT2D eigenvalue weighted by Gasteiger charge is 2.67. The molecular weight excluding hydrogens is 426 g/mol. The molecule has 0 amide bonds. The van der Waals surface area contributed by atoms with Gasteiger partial charge < -0.3 is 14.6 Å². The molecule has 5 heteroatoms. The summed E-state index contributed by atoms with van der Waals surface area (Å²) in [5, 5.41) is 22.3. The highest BCUT2D eigenvalue weighted by Crippen LogP contribution is 2.70. The third kappa shape index (κ3) is 3.18. The average molecular weight is 470 g/mol. The lowest BCUT2D eigenvalue weighted by atomic mass is 9.43. The van der Waals surface area contributed by atoms with E-state index in [4.69, 9.17) is 4.42 Å². The van der Waals surface area contributed by atoms with Gasteiger partial charge in [0.15, 0.2) is 0 Å². The number of rotatable bonds is 3. The Labute approximate surface area is 203 Å². The first-order valence-electron chi connectivity index (χ1n) is 14.0. The molecule has 4 aliphatic carbocycles. The van der Waals surface area contributed by atoms with Gasteiger partial charge in [-0.3, -0.25) is 4.90 Å². The fourth-order valence-electron chi connectivity index (χ4n) is 10.1. The van der Waals surface area contributed by atoms with E-state index in [-0.39, 0.29) is 17.0 Å². The number of hydrogen-bond acceptors (Lipinski definition) is 5. The molecule has 2 N–H and O–H groups in total. The summed E-state index contributed by atoms with van der Waals surface area (Å²) in [6.45, 7) is 6.34. The van der Waals surface area contributed by atoms with E-state index >= 15 is 0 Å². The lowest BCUT2D eigenvalue weighted by molar-refractivity contribution is -0.204. The molecule has 9 atom stereocenters. The minimum Gasteiger partial charge on any atom is -0.431 e. The lowest BCUT2D eigenvalue weighted by Gasteiger charge is -2.64. The molecule has 0 unspecified atom stereocenters. The summed E-state index contributed by atoms with van der Waals surface area (Å²) < 4.78 is 5.23. The fourth-order valence-corrected chi connectivity index (χ4v) is 10.1. The molecule has 0 bridgehead atoms. The van der Waals surface area contributed by atoms with Crippen molar-refractivity contribution in [1.29, 1.82) is 0 Å². The van der Waals surface area contributed by atoms with E-state index in [0.29, 0.717) is 35.9 Å². The molecule has 0 spiro atoms. The van der Waals surface area contributed by atoms with Crippen LogP contribution in [-0.4, -0.2) is 45.9 Å². The topological polar surface area (TPSA) is 73.9 Å². The first-order chi connectivity index (χ1) is 16.3. The summed E-state index contributed by atoms with van der Waals surface area (Å²) in [5.41, 5.74) is 0.326. The Morgan fingerprint density at radius 1 is 1.03 bits per heavy atom. The van der Waals surface area contributed by atoms with Crippen molar-refractivity contribution in [2.45, 2.75) is 108 Å². The number of likely N-dealkylation sites (tertiary alicyclic amines) is 1. The van der Waals surface area contributed by atoms with Crippen LogP contribution in [0.4, 0.5) is 0 Å². The van der Waals surface area contributed by atoms with Gasteiger partial charge in [-0.15, -0.1) is 0 Å². The van der Waals surface area contributed by atoms with E-state index in [2.05, 4.69) is 18.7 Å². The highest BCUT2D eigenvalue weighted by atomic mass is 16.4. The van der Waals surface area contributed by atoms with E-state index in [1.54, 1.807) is 6.26 Å². The van der Waals surface area contributed by atoms with Gasteiger partial charge in [0.2, 0.25) is 0 Å². The Hall–Kier alpha value is -1.17. The number of aliphatic hydroxyl groups excluding tert-OH is 1. The summed E-state index contributed by atoms with van der Waals surface area (Å²) in [7, 11) is 0. The van der Waals surface area contributed by atoms with Gasteiger partial charge in [-0.2, -0.15) is 0 Å². The summed E-state index contributed by atoms with van der Waals surface area (Å²) in [4.78, 5) is 14.2. The van der Waals surface area contributed by atoms with Gasteiger partial charge >= 0.3 is 5.63 Å². The molecule has 5 aliphatic rings. The Balaban J connectivity index is 1.24. The van der Waals surface area contributed by atoms with Crippen LogP contribution >= 0.6 is 0 Å². The van der Waals surface area contributed by atoms with Gasteiger partial charge in [-0.25, -0.2) is 4.79 Å². The monoisotopic (exact) mass is 469 g/mol. The van der Waals surface area contributed by atoms with E-state index < -0.39 is 5.60 Å². The van der Waals surface area contributed by atoms with Crippen molar-refractivity contribution in [3.05, 3.63) is 34.4 Å². The molecule has 1 aromatic rings. The number of hydrogen-bond donors (Lipinski definition) is 2. The maximum absolute atomic E-state index is 12.4. The Bertz CT molecular complexity index is 957. The molecule has 1 aromatic heterocycles. The average Bonchev–Trinajstić information content (AvgIpc) is 3.41. The Kier molecular flexibility index (Phi) is 5.59. The SMILES string of the molecule is C[C@]12CC[C@H](N3CCC[C@H]3CO)C[C@H]1CC[C@@H]1[C@@H]2CC[C@]2(C)[C@@H](c3ccc(=O)oc3)CC[C@]12O. The third-order valence-electron chi connectivity index (χ3n) is 12.1. The van der Waals surface area contributed by atoms with Gasteiger partial charge in [0.1, 0.15) is 0 Å². The summed E-state index contributed by atoms with van der Waals surface area (Å²) in [5.74, 6) is 1.97. The second-order valence-corrected chi connectivity index (χ2v) is 13.0. The zero-order chi connectivity index (χ0) is 23.7. The summed E-state index contributed by atoms with van der Waals surface area (Å²) in [6, 6.07) is 4.47. The minimum absolute atomic E-state index is 0.154. The zero-order valence-corrected chi connectivity index (χ0v) is 21.0. The Morgan fingerprint density at radius 2 is 1.88 bits per heavy atom.